The number of piperidine rings is 1. The molecule has 1 aromatic rings. The Morgan fingerprint density at radius 1 is 1.45 bits per heavy atom. The van der Waals surface area contributed by atoms with Crippen molar-refractivity contribution < 1.29 is 9.59 Å². The molecule has 1 aliphatic heterocycles. The van der Waals surface area contributed by atoms with Crippen molar-refractivity contribution >= 4 is 40.8 Å². The van der Waals surface area contributed by atoms with Gasteiger partial charge in [-0.3, -0.25) is 9.59 Å². The lowest BCUT2D eigenvalue weighted by atomic mass is 9.93. The Morgan fingerprint density at radius 3 is 2.80 bits per heavy atom. The molecule has 0 spiro atoms. The van der Waals surface area contributed by atoms with E-state index in [2.05, 4.69) is 0 Å². The molecule has 2 heterocycles. The number of likely N-dealkylation sites (tertiary alicyclic amines) is 1. The lowest BCUT2D eigenvalue weighted by Gasteiger charge is -2.36. The van der Waals surface area contributed by atoms with Gasteiger partial charge in [-0.1, -0.05) is 11.6 Å². The van der Waals surface area contributed by atoms with Crippen molar-refractivity contribution in [3.8, 4) is 0 Å². The molecular formula is C14H17ClN2O2S. The summed E-state index contributed by atoms with van der Waals surface area (Å²) in [5.74, 6) is -0.656. The molecule has 1 fully saturated rings. The lowest BCUT2D eigenvalue weighted by molar-refractivity contribution is -0.133. The summed E-state index contributed by atoms with van der Waals surface area (Å²) < 4.78 is 0.692. The number of rotatable bonds is 3. The summed E-state index contributed by atoms with van der Waals surface area (Å²) in [6, 6.07) is 3.79. The van der Waals surface area contributed by atoms with E-state index >= 15 is 0 Å². The smallest absolute Gasteiger partial charge is 0.246 e. The van der Waals surface area contributed by atoms with Crippen LogP contribution in [0, 0.1) is 5.92 Å². The summed E-state index contributed by atoms with van der Waals surface area (Å²) in [6.45, 7) is 2.40. The van der Waals surface area contributed by atoms with Gasteiger partial charge in [0, 0.05) is 23.5 Å². The van der Waals surface area contributed by atoms with Gasteiger partial charge in [-0.2, -0.15) is 0 Å². The summed E-state index contributed by atoms with van der Waals surface area (Å²) in [7, 11) is 0. The van der Waals surface area contributed by atoms with Crippen LogP contribution in [-0.4, -0.2) is 29.3 Å². The van der Waals surface area contributed by atoms with Gasteiger partial charge < -0.3 is 10.6 Å². The molecule has 1 aliphatic rings. The second-order valence-corrected chi connectivity index (χ2v) is 6.74. The Labute approximate surface area is 127 Å². The monoisotopic (exact) mass is 312 g/mol. The molecule has 1 saturated heterocycles. The first kappa shape index (κ1) is 15.1. The number of nitrogens with zero attached hydrogens (tertiary/aromatic N) is 1. The van der Waals surface area contributed by atoms with E-state index in [9.17, 15) is 9.59 Å². The van der Waals surface area contributed by atoms with Crippen LogP contribution < -0.4 is 5.73 Å². The molecule has 2 amide bonds. The molecule has 20 heavy (non-hydrogen) atoms. The maximum Gasteiger partial charge on any atom is 0.246 e. The standard InChI is InChI=1S/C14H17ClN2O2S/c1-9-2-3-10(14(16)19)8-17(9)13(18)7-5-11-4-6-12(15)20-11/h4-7,9-10H,2-3,8H2,1H3,(H2,16,19)/b7-5-/t9-,10-/m1/s1. The summed E-state index contributed by atoms with van der Waals surface area (Å²) in [5.41, 5.74) is 5.33. The van der Waals surface area contributed by atoms with Crippen molar-refractivity contribution in [2.45, 2.75) is 25.8 Å². The first-order valence-electron chi connectivity index (χ1n) is 6.50. The van der Waals surface area contributed by atoms with Crippen LogP contribution in [0.5, 0.6) is 0 Å². The van der Waals surface area contributed by atoms with Gasteiger partial charge >= 0.3 is 0 Å². The number of amides is 2. The lowest BCUT2D eigenvalue weighted by Crippen LogP contribution is -2.48. The summed E-state index contributed by atoms with van der Waals surface area (Å²) in [5, 5.41) is 0. The van der Waals surface area contributed by atoms with Crippen LogP contribution in [0.4, 0.5) is 0 Å². The first-order chi connectivity index (χ1) is 9.47. The molecule has 0 saturated carbocycles. The highest BCUT2D eigenvalue weighted by atomic mass is 35.5. The van der Waals surface area contributed by atoms with Gasteiger partial charge in [-0.15, -0.1) is 11.3 Å². The van der Waals surface area contributed by atoms with Gasteiger partial charge in [0.2, 0.25) is 11.8 Å². The largest absolute Gasteiger partial charge is 0.369 e. The molecule has 0 bridgehead atoms. The van der Waals surface area contributed by atoms with Crippen LogP contribution in [0.2, 0.25) is 4.34 Å². The molecule has 0 radical (unpaired) electrons. The molecule has 2 atom stereocenters. The number of carbonyl (C=O) groups is 2. The second-order valence-electron chi connectivity index (χ2n) is 4.99. The van der Waals surface area contributed by atoms with Crippen molar-refractivity contribution in [3.63, 3.8) is 0 Å². The van der Waals surface area contributed by atoms with E-state index in [-0.39, 0.29) is 23.8 Å². The number of primary amides is 1. The molecule has 6 heteroatoms. The van der Waals surface area contributed by atoms with E-state index in [1.54, 1.807) is 17.0 Å². The van der Waals surface area contributed by atoms with Gasteiger partial charge in [-0.25, -0.2) is 0 Å². The van der Waals surface area contributed by atoms with Gasteiger partial charge in [-0.05, 0) is 38.0 Å². The van der Waals surface area contributed by atoms with Gasteiger partial charge in [0.1, 0.15) is 0 Å². The average molecular weight is 313 g/mol. The highest BCUT2D eigenvalue weighted by Gasteiger charge is 2.30. The Kier molecular flexibility index (Phi) is 4.83. The maximum atomic E-state index is 12.2. The van der Waals surface area contributed by atoms with Crippen molar-refractivity contribution in [3.05, 3.63) is 27.4 Å². The summed E-state index contributed by atoms with van der Waals surface area (Å²) in [6.07, 6.45) is 4.84. The fourth-order valence-electron chi connectivity index (χ4n) is 2.31. The molecule has 2 N–H and O–H groups in total. The molecular weight excluding hydrogens is 296 g/mol. The molecule has 2 rings (SSSR count). The number of hydrogen-bond donors (Lipinski definition) is 1. The van der Waals surface area contributed by atoms with Crippen molar-refractivity contribution in [1.29, 1.82) is 0 Å². The van der Waals surface area contributed by atoms with E-state index < -0.39 is 0 Å². The molecule has 4 nitrogen and oxygen atoms in total. The van der Waals surface area contributed by atoms with E-state index in [1.807, 2.05) is 13.0 Å². The SMILES string of the molecule is C[C@@H]1CC[C@@H](C(N)=O)CN1C(=O)/C=C\c1ccc(Cl)s1. The predicted molar refractivity (Wildman–Crippen MR) is 81.5 cm³/mol. The average Bonchev–Trinajstić information content (AvgIpc) is 2.82. The minimum atomic E-state index is -0.330. The number of halogens is 1. The van der Waals surface area contributed by atoms with E-state index in [4.69, 9.17) is 17.3 Å². The quantitative estimate of drug-likeness (QED) is 0.872. The van der Waals surface area contributed by atoms with Gasteiger partial charge in [0.25, 0.3) is 0 Å². The molecule has 1 aromatic heterocycles. The zero-order valence-electron chi connectivity index (χ0n) is 11.2. The Balaban J connectivity index is 2.03. The number of carbonyl (C=O) groups excluding carboxylic acids is 2. The Hall–Kier alpha value is -1.33. The van der Waals surface area contributed by atoms with Crippen molar-refractivity contribution in [1.82, 2.24) is 4.90 Å². The normalized spacial score (nSPS) is 23.2. The molecule has 108 valence electrons. The fourth-order valence-corrected chi connectivity index (χ4v) is 3.28. The Bertz CT molecular complexity index is 541. The van der Waals surface area contributed by atoms with Gasteiger partial charge in [0.15, 0.2) is 0 Å². The third-order valence-corrected chi connectivity index (χ3v) is 4.75. The van der Waals surface area contributed by atoms with Crippen LogP contribution in [0.25, 0.3) is 6.08 Å². The molecule has 0 aliphatic carbocycles. The summed E-state index contributed by atoms with van der Waals surface area (Å²) >= 11 is 7.26. The third kappa shape index (κ3) is 3.61. The first-order valence-corrected chi connectivity index (χ1v) is 7.70. The minimum Gasteiger partial charge on any atom is -0.369 e. The van der Waals surface area contributed by atoms with Gasteiger partial charge in [0.05, 0.1) is 10.3 Å². The van der Waals surface area contributed by atoms with E-state index in [1.165, 1.54) is 17.4 Å². The predicted octanol–water partition coefficient (Wildman–Crippen LogP) is 2.53. The van der Waals surface area contributed by atoms with Crippen LogP contribution in [-0.2, 0) is 9.59 Å². The highest BCUT2D eigenvalue weighted by molar-refractivity contribution is 7.17. The minimum absolute atomic E-state index is 0.0898. The zero-order chi connectivity index (χ0) is 14.7. The fraction of sp³-hybridized carbons (Fsp3) is 0.429. The number of hydrogen-bond acceptors (Lipinski definition) is 3. The van der Waals surface area contributed by atoms with Crippen molar-refractivity contribution in [2.75, 3.05) is 6.54 Å². The molecule has 0 aromatic carbocycles. The Morgan fingerprint density at radius 2 is 2.20 bits per heavy atom. The number of nitrogens with two attached hydrogens (primary N) is 1. The van der Waals surface area contributed by atoms with E-state index in [0.717, 1.165) is 17.7 Å². The van der Waals surface area contributed by atoms with Crippen LogP contribution in [0.1, 0.15) is 24.6 Å². The van der Waals surface area contributed by atoms with Crippen LogP contribution in [0.3, 0.4) is 0 Å². The highest BCUT2D eigenvalue weighted by Crippen LogP contribution is 2.24. The molecule has 0 unspecified atom stereocenters. The number of thiophene rings is 1. The van der Waals surface area contributed by atoms with E-state index in [0.29, 0.717) is 10.9 Å². The summed E-state index contributed by atoms with van der Waals surface area (Å²) in [4.78, 5) is 26.1. The van der Waals surface area contributed by atoms with Crippen LogP contribution in [0.15, 0.2) is 18.2 Å². The van der Waals surface area contributed by atoms with Crippen molar-refractivity contribution in [2.24, 2.45) is 11.7 Å². The topological polar surface area (TPSA) is 63.4 Å². The third-order valence-electron chi connectivity index (χ3n) is 3.55. The maximum absolute atomic E-state index is 12.2. The second kappa shape index (κ2) is 6.41. The van der Waals surface area contributed by atoms with Crippen LogP contribution >= 0.6 is 22.9 Å². The zero-order valence-corrected chi connectivity index (χ0v) is 12.8.